The third kappa shape index (κ3) is 3.44. The van der Waals surface area contributed by atoms with Gasteiger partial charge < -0.3 is 14.7 Å². The van der Waals surface area contributed by atoms with Gasteiger partial charge in [-0.2, -0.15) is 0 Å². The van der Waals surface area contributed by atoms with E-state index in [9.17, 15) is 9.90 Å². The van der Waals surface area contributed by atoms with E-state index in [-0.39, 0.29) is 11.4 Å². The maximum Gasteiger partial charge on any atom is 0.316 e. The lowest BCUT2D eigenvalue weighted by Gasteiger charge is -2.64. The molecule has 4 heteroatoms. The van der Waals surface area contributed by atoms with Crippen molar-refractivity contribution in [3.8, 4) is 0 Å². The smallest absolute Gasteiger partial charge is 0.316 e. The lowest BCUT2D eigenvalue weighted by molar-refractivity contribution is -0.250. The van der Waals surface area contributed by atoms with Crippen molar-refractivity contribution in [2.45, 2.75) is 63.9 Å². The predicted molar refractivity (Wildman–Crippen MR) is 114 cm³/mol. The summed E-state index contributed by atoms with van der Waals surface area (Å²) in [6.07, 6.45) is 11.6. The van der Waals surface area contributed by atoms with Crippen LogP contribution in [0.15, 0.2) is 42.5 Å². The number of carbonyl (C=O) groups is 1. The minimum Gasteiger partial charge on any atom is -0.465 e. The molecule has 1 aromatic rings. The van der Waals surface area contributed by atoms with Crippen molar-refractivity contribution in [2.75, 3.05) is 26.2 Å². The molecule has 1 aliphatic heterocycles. The average molecular weight is 398 g/mol. The van der Waals surface area contributed by atoms with Gasteiger partial charge in [0.05, 0.1) is 12.2 Å². The monoisotopic (exact) mass is 397 g/mol. The summed E-state index contributed by atoms with van der Waals surface area (Å²) in [5.41, 5.74) is -0.654. The second kappa shape index (κ2) is 8.23. The van der Waals surface area contributed by atoms with Gasteiger partial charge in [-0.05, 0) is 64.0 Å². The third-order valence-electron chi connectivity index (χ3n) is 7.77. The highest BCUT2D eigenvalue weighted by Crippen LogP contribution is 2.62. The second-order valence-electron chi connectivity index (χ2n) is 9.31. The van der Waals surface area contributed by atoms with Gasteiger partial charge in [0.15, 0.2) is 0 Å². The lowest BCUT2D eigenvalue weighted by atomic mass is 9.47. The van der Waals surface area contributed by atoms with Gasteiger partial charge in [0, 0.05) is 18.5 Å². The zero-order chi connectivity index (χ0) is 20.4. The first kappa shape index (κ1) is 20.6. The molecular formula is C25H35NO3. The Balaban J connectivity index is 1.58. The van der Waals surface area contributed by atoms with Gasteiger partial charge in [-0.25, -0.2) is 0 Å². The zero-order valence-electron chi connectivity index (χ0n) is 17.7. The van der Waals surface area contributed by atoms with E-state index >= 15 is 0 Å². The number of aliphatic hydroxyl groups is 1. The Morgan fingerprint density at radius 3 is 2.76 bits per heavy atom. The summed E-state index contributed by atoms with van der Waals surface area (Å²) in [7, 11) is 0. The number of carbonyl (C=O) groups excluding carboxylic acids is 1. The van der Waals surface area contributed by atoms with Crippen molar-refractivity contribution in [2.24, 2.45) is 10.8 Å². The highest BCUT2D eigenvalue weighted by molar-refractivity contribution is 5.80. The molecule has 3 atom stereocenters. The Labute approximate surface area is 174 Å². The Bertz CT molecular complexity index is 748. The number of allylic oxidation sites excluding steroid dienone is 1. The molecule has 1 N–H and O–H groups in total. The van der Waals surface area contributed by atoms with Gasteiger partial charge in [-0.3, -0.25) is 4.79 Å². The second-order valence-corrected chi connectivity index (χ2v) is 9.31. The maximum atomic E-state index is 13.3. The van der Waals surface area contributed by atoms with E-state index in [1.54, 1.807) is 0 Å². The number of hydrogen-bond acceptors (Lipinski definition) is 4. The maximum absolute atomic E-state index is 13.3. The van der Waals surface area contributed by atoms with E-state index in [0.717, 1.165) is 58.0 Å². The van der Waals surface area contributed by atoms with E-state index in [2.05, 4.69) is 47.4 Å². The SMILES string of the molecule is CCOC(=O)[C@]12CCC[C@@]3(CCC=CC[C@]31O)CN(CCCc1ccccc1)C2. The molecular weight excluding hydrogens is 362 g/mol. The van der Waals surface area contributed by atoms with E-state index < -0.39 is 11.0 Å². The fourth-order valence-electron chi connectivity index (χ4n) is 6.40. The number of esters is 1. The summed E-state index contributed by atoms with van der Waals surface area (Å²) in [6, 6.07) is 10.6. The summed E-state index contributed by atoms with van der Waals surface area (Å²) in [5, 5.41) is 12.1. The minimum absolute atomic E-state index is 0.186. The molecule has 1 saturated heterocycles. The van der Waals surface area contributed by atoms with Gasteiger partial charge in [0.25, 0.3) is 0 Å². The molecule has 1 saturated carbocycles. The van der Waals surface area contributed by atoms with Crippen molar-refractivity contribution in [1.29, 1.82) is 0 Å². The zero-order valence-corrected chi connectivity index (χ0v) is 17.7. The van der Waals surface area contributed by atoms with Crippen molar-refractivity contribution in [3.05, 3.63) is 48.0 Å². The first-order valence-electron chi connectivity index (χ1n) is 11.4. The van der Waals surface area contributed by atoms with Crippen molar-refractivity contribution >= 4 is 5.97 Å². The number of benzene rings is 1. The standard InChI is InChI=1S/C25H35NO3/c1-2-29-22(27)24-16-10-15-23(14-7-4-8-17-25(23,24)28)19-26(20-24)18-9-13-21-11-5-3-6-12-21/h3-6,8,11-12,28H,2,7,9-10,13-20H2,1H3/t23-,24+,25-/m0/s1. The van der Waals surface area contributed by atoms with E-state index in [1.165, 1.54) is 5.56 Å². The quantitative estimate of drug-likeness (QED) is 0.579. The molecule has 4 rings (SSSR count). The predicted octanol–water partition coefficient (Wildman–Crippen LogP) is 4.13. The largest absolute Gasteiger partial charge is 0.465 e. The Kier molecular flexibility index (Phi) is 5.85. The Morgan fingerprint density at radius 1 is 1.14 bits per heavy atom. The third-order valence-corrected chi connectivity index (χ3v) is 7.77. The van der Waals surface area contributed by atoms with Crippen LogP contribution in [-0.2, 0) is 16.0 Å². The molecule has 2 bridgehead atoms. The first-order chi connectivity index (χ1) is 14.1. The summed E-state index contributed by atoms with van der Waals surface area (Å²) in [5.74, 6) is -0.186. The van der Waals surface area contributed by atoms with Gasteiger partial charge in [-0.1, -0.05) is 48.9 Å². The summed E-state index contributed by atoms with van der Waals surface area (Å²) < 4.78 is 5.58. The van der Waals surface area contributed by atoms with E-state index in [0.29, 0.717) is 19.6 Å². The van der Waals surface area contributed by atoms with Crippen LogP contribution >= 0.6 is 0 Å². The van der Waals surface area contributed by atoms with Crippen molar-refractivity contribution in [1.82, 2.24) is 4.90 Å². The van der Waals surface area contributed by atoms with Crippen LogP contribution in [-0.4, -0.2) is 47.8 Å². The van der Waals surface area contributed by atoms with Crippen LogP contribution in [0.2, 0.25) is 0 Å². The molecule has 4 nitrogen and oxygen atoms in total. The van der Waals surface area contributed by atoms with Crippen LogP contribution in [0.25, 0.3) is 0 Å². The Hall–Kier alpha value is -1.65. The first-order valence-corrected chi connectivity index (χ1v) is 11.4. The molecule has 2 fully saturated rings. The molecule has 1 aromatic carbocycles. The number of piperidine rings is 1. The van der Waals surface area contributed by atoms with E-state index in [1.807, 2.05) is 6.92 Å². The molecule has 2 aliphatic carbocycles. The summed E-state index contributed by atoms with van der Waals surface area (Å²) >= 11 is 0. The van der Waals surface area contributed by atoms with Crippen LogP contribution in [0.3, 0.4) is 0 Å². The van der Waals surface area contributed by atoms with Crippen LogP contribution < -0.4 is 0 Å². The lowest BCUT2D eigenvalue weighted by Crippen LogP contribution is -2.74. The molecule has 0 spiro atoms. The van der Waals surface area contributed by atoms with Crippen LogP contribution in [0.5, 0.6) is 0 Å². The highest BCUT2D eigenvalue weighted by atomic mass is 16.5. The van der Waals surface area contributed by atoms with Gasteiger partial charge in [0.1, 0.15) is 5.41 Å². The molecule has 158 valence electrons. The van der Waals surface area contributed by atoms with Gasteiger partial charge in [0.2, 0.25) is 0 Å². The number of nitrogens with zero attached hydrogens (tertiary/aromatic N) is 1. The molecule has 3 aliphatic rings. The molecule has 0 radical (unpaired) electrons. The minimum atomic E-state index is -0.993. The van der Waals surface area contributed by atoms with Crippen molar-refractivity contribution in [3.63, 3.8) is 0 Å². The number of aryl methyl sites for hydroxylation is 1. The highest BCUT2D eigenvalue weighted by Gasteiger charge is 2.70. The summed E-state index contributed by atoms with van der Waals surface area (Å²) in [4.78, 5) is 15.8. The normalized spacial score (nSPS) is 34.3. The fraction of sp³-hybridized carbons (Fsp3) is 0.640. The number of rotatable bonds is 6. The summed E-state index contributed by atoms with van der Waals surface area (Å²) in [6.45, 7) is 4.70. The number of hydrogen-bond donors (Lipinski definition) is 1. The van der Waals surface area contributed by atoms with Crippen LogP contribution in [0.4, 0.5) is 0 Å². The Morgan fingerprint density at radius 2 is 1.97 bits per heavy atom. The molecule has 1 heterocycles. The number of likely N-dealkylation sites (tertiary alicyclic amines) is 1. The van der Waals surface area contributed by atoms with Gasteiger partial charge in [-0.15, -0.1) is 0 Å². The fourth-order valence-corrected chi connectivity index (χ4v) is 6.40. The van der Waals surface area contributed by atoms with Crippen molar-refractivity contribution < 1.29 is 14.6 Å². The number of ether oxygens (including phenoxy) is 1. The van der Waals surface area contributed by atoms with Gasteiger partial charge >= 0.3 is 5.97 Å². The average Bonchev–Trinajstić information content (AvgIpc) is 2.88. The van der Waals surface area contributed by atoms with Crippen LogP contribution in [0.1, 0.15) is 57.4 Å². The topological polar surface area (TPSA) is 49.8 Å². The molecule has 29 heavy (non-hydrogen) atoms. The molecule has 0 amide bonds. The van der Waals surface area contributed by atoms with Crippen LogP contribution in [0, 0.1) is 10.8 Å². The molecule has 0 aromatic heterocycles. The molecule has 0 unspecified atom stereocenters. The van der Waals surface area contributed by atoms with E-state index in [4.69, 9.17) is 4.74 Å².